The van der Waals surface area contributed by atoms with Crippen molar-refractivity contribution in [3.05, 3.63) is 30.2 Å². The highest BCUT2D eigenvalue weighted by Crippen LogP contribution is 2.27. The summed E-state index contributed by atoms with van der Waals surface area (Å²) in [4.78, 5) is 17.4. The van der Waals surface area contributed by atoms with Gasteiger partial charge in [-0.15, -0.1) is 10.2 Å². The van der Waals surface area contributed by atoms with E-state index in [9.17, 15) is 4.79 Å². The maximum Gasteiger partial charge on any atom is 0.236 e. The van der Waals surface area contributed by atoms with Gasteiger partial charge in [0.2, 0.25) is 5.91 Å². The van der Waals surface area contributed by atoms with Gasteiger partial charge in [0.1, 0.15) is 5.82 Å². The van der Waals surface area contributed by atoms with Crippen LogP contribution in [-0.4, -0.2) is 63.0 Å². The zero-order valence-corrected chi connectivity index (χ0v) is 18.5. The van der Waals surface area contributed by atoms with E-state index in [1.807, 2.05) is 24.4 Å². The summed E-state index contributed by atoms with van der Waals surface area (Å²) >= 11 is 0. The third kappa shape index (κ3) is 6.01. The highest BCUT2D eigenvalue weighted by Gasteiger charge is 2.26. The molecule has 3 rings (SSSR count). The summed E-state index contributed by atoms with van der Waals surface area (Å²) in [6, 6.07) is 6.01. The van der Waals surface area contributed by atoms with Crippen LogP contribution >= 0.6 is 0 Å². The monoisotopic (exact) mass is 399 g/mol. The van der Waals surface area contributed by atoms with Crippen LogP contribution in [0.5, 0.6) is 0 Å². The summed E-state index contributed by atoms with van der Waals surface area (Å²) in [6.07, 6.45) is 6.25. The van der Waals surface area contributed by atoms with Gasteiger partial charge in [-0.25, -0.2) is 0 Å². The average Bonchev–Trinajstić information content (AvgIpc) is 3.12. The minimum Gasteiger partial charge on any atom is -0.342 e. The maximum atomic E-state index is 13.0. The van der Waals surface area contributed by atoms with Crippen molar-refractivity contribution in [2.75, 3.05) is 32.7 Å². The van der Waals surface area contributed by atoms with Crippen LogP contribution in [0, 0.1) is 11.8 Å². The molecular weight excluding hydrogens is 362 g/mol. The van der Waals surface area contributed by atoms with Crippen LogP contribution in [0.3, 0.4) is 0 Å². The maximum absolute atomic E-state index is 13.0. The normalized spacial score (nSPS) is 16.2. The molecule has 0 atom stereocenters. The van der Waals surface area contributed by atoms with Crippen molar-refractivity contribution in [2.45, 2.75) is 59.3 Å². The number of carbonyl (C=O) groups excluding carboxylic acids is 1. The van der Waals surface area contributed by atoms with Crippen molar-refractivity contribution in [1.82, 2.24) is 24.4 Å². The fraction of sp³-hybridized carbons (Fsp3) is 0.696. The molecule has 0 aliphatic carbocycles. The Balaban J connectivity index is 1.53. The largest absolute Gasteiger partial charge is 0.342 e. The second-order valence-electron chi connectivity index (χ2n) is 9.28. The molecule has 0 unspecified atom stereocenters. The van der Waals surface area contributed by atoms with E-state index in [2.05, 4.69) is 52.1 Å². The van der Waals surface area contributed by atoms with E-state index < -0.39 is 0 Å². The summed E-state index contributed by atoms with van der Waals surface area (Å²) in [7, 11) is 0. The first-order valence-corrected chi connectivity index (χ1v) is 11.2. The van der Waals surface area contributed by atoms with Gasteiger partial charge in [0.25, 0.3) is 0 Å². The Labute approximate surface area is 175 Å². The van der Waals surface area contributed by atoms with Gasteiger partial charge in [-0.2, -0.15) is 0 Å². The molecule has 6 heteroatoms. The first-order valence-electron chi connectivity index (χ1n) is 11.2. The van der Waals surface area contributed by atoms with Gasteiger partial charge >= 0.3 is 0 Å². The molecule has 1 saturated heterocycles. The second-order valence-corrected chi connectivity index (χ2v) is 9.28. The molecule has 0 aromatic carbocycles. The molecule has 1 amide bonds. The number of likely N-dealkylation sites (tertiary alicyclic amines) is 1. The predicted molar refractivity (Wildman–Crippen MR) is 117 cm³/mol. The fourth-order valence-electron chi connectivity index (χ4n) is 3.97. The number of piperidine rings is 1. The number of hydrogen-bond donors (Lipinski definition) is 0. The average molecular weight is 400 g/mol. The van der Waals surface area contributed by atoms with Gasteiger partial charge in [-0.1, -0.05) is 33.8 Å². The Morgan fingerprint density at radius 1 is 1.07 bits per heavy atom. The van der Waals surface area contributed by atoms with Crippen LogP contribution in [0.25, 0.3) is 5.65 Å². The summed E-state index contributed by atoms with van der Waals surface area (Å²) in [5.74, 6) is 3.01. The van der Waals surface area contributed by atoms with Crippen molar-refractivity contribution in [2.24, 2.45) is 11.8 Å². The highest BCUT2D eigenvalue weighted by atomic mass is 16.2. The number of hydrogen-bond acceptors (Lipinski definition) is 4. The van der Waals surface area contributed by atoms with Gasteiger partial charge in [0, 0.05) is 25.2 Å². The molecule has 0 saturated carbocycles. The minimum atomic E-state index is 0.290. The van der Waals surface area contributed by atoms with Crippen molar-refractivity contribution < 1.29 is 4.79 Å². The van der Waals surface area contributed by atoms with Crippen molar-refractivity contribution in [3.8, 4) is 0 Å². The minimum absolute atomic E-state index is 0.290. The Bertz CT molecular complexity index is 764. The van der Waals surface area contributed by atoms with E-state index in [0.29, 0.717) is 24.3 Å². The van der Waals surface area contributed by atoms with E-state index >= 15 is 0 Å². The van der Waals surface area contributed by atoms with Crippen LogP contribution < -0.4 is 0 Å². The fourth-order valence-corrected chi connectivity index (χ4v) is 3.97. The van der Waals surface area contributed by atoms with E-state index in [0.717, 1.165) is 63.3 Å². The summed E-state index contributed by atoms with van der Waals surface area (Å²) in [5.41, 5.74) is 0.908. The first-order chi connectivity index (χ1) is 13.9. The number of aromatic nitrogens is 3. The molecule has 0 radical (unpaired) electrons. The molecule has 0 spiro atoms. The molecule has 0 bridgehead atoms. The molecule has 1 fully saturated rings. The smallest absolute Gasteiger partial charge is 0.236 e. The summed E-state index contributed by atoms with van der Waals surface area (Å²) in [6.45, 7) is 13.1. The molecular formula is C23H37N5O. The van der Waals surface area contributed by atoms with Gasteiger partial charge in [0.15, 0.2) is 5.65 Å². The molecule has 2 aromatic rings. The van der Waals surface area contributed by atoms with Crippen LogP contribution in [0.4, 0.5) is 0 Å². The van der Waals surface area contributed by atoms with Gasteiger partial charge in [0.05, 0.1) is 6.54 Å². The van der Waals surface area contributed by atoms with Gasteiger partial charge in [-0.05, 0) is 62.7 Å². The number of rotatable bonds is 9. The Morgan fingerprint density at radius 3 is 2.34 bits per heavy atom. The van der Waals surface area contributed by atoms with Crippen molar-refractivity contribution >= 4 is 11.6 Å². The van der Waals surface area contributed by atoms with E-state index in [1.165, 1.54) is 0 Å². The quantitative estimate of drug-likeness (QED) is 0.643. The lowest BCUT2D eigenvalue weighted by molar-refractivity contribution is -0.133. The lowest BCUT2D eigenvalue weighted by Gasteiger charge is -2.33. The molecule has 2 aromatic heterocycles. The number of fused-ring (bicyclic) bond motifs is 1. The zero-order chi connectivity index (χ0) is 20.8. The lowest BCUT2D eigenvalue weighted by Crippen LogP contribution is -2.44. The van der Waals surface area contributed by atoms with Crippen LogP contribution in [0.2, 0.25) is 0 Å². The third-order valence-corrected chi connectivity index (χ3v) is 5.96. The molecule has 3 heterocycles. The lowest BCUT2D eigenvalue weighted by atomic mass is 9.96. The number of amides is 1. The van der Waals surface area contributed by atoms with E-state index in [-0.39, 0.29) is 5.91 Å². The molecule has 0 N–H and O–H groups in total. The Hall–Kier alpha value is -1.95. The third-order valence-electron chi connectivity index (χ3n) is 5.96. The SMILES string of the molecule is CC(C)CCN(CCC(C)C)C(=O)CN1CCC(c2nnc3ccccn23)CC1. The highest BCUT2D eigenvalue weighted by molar-refractivity contribution is 5.78. The van der Waals surface area contributed by atoms with Crippen molar-refractivity contribution in [1.29, 1.82) is 0 Å². The summed E-state index contributed by atoms with van der Waals surface area (Å²) < 4.78 is 2.10. The van der Waals surface area contributed by atoms with E-state index in [4.69, 9.17) is 0 Å². The number of carbonyl (C=O) groups is 1. The van der Waals surface area contributed by atoms with Gasteiger partial charge in [-0.3, -0.25) is 14.1 Å². The van der Waals surface area contributed by atoms with E-state index in [1.54, 1.807) is 0 Å². The van der Waals surface area contributed by atoms with Crippen molar-refractivity contribution in [3.63, 3.8) is 0 Å². The van der Waals surface area contributed by atoms with Crippen LogP contribution in [0.15, 0.2) is 24.4 Å². The zero-order valence-electron chi connectivity index (χ0n) is 18.5. The Kier molecular flexibility index (Phi) is 7.64. The first kappa shape index (κ1) is 21.8. The number of pyridine rings is 1. The molecule has 1 aliphatic heterocycles. The van der Waals surface area contributed by atoms with Crippen LogP contribution in [0.1, 0.15) is 65.1 Å². The molecule has 6 nitrogen and oxygen atoms in total. The topological polar surface area (TPSA) is 53.7 Å². The second kappa shape index (κ2) is 10.2. The van der Waals surface area contributed by atoms with Crippen LogP contribution in [-0.2, 0) is 4.79 Å². The molecule has 1 aliphatic rings. The molecule has 160 valence electrons. The van der Waals surface area contributed by atoms with Gasteiger partial charge < -0.3 is 4.90 Å². The molecule has 29 heavy (non-hydrogen) atoms. The summed E-state index contributed by atoms with van der Waals surface area (Å²) in [5, 5.41) is 8.73. The number of nitrogens with zero attached hydrogens (tertiary/aromatic N) is 5. The standard InChI is InChI=1S/C23H37N5O/c1-18(2)8-15-27(16-9-19(3)4)22(29)17-26-13-10-20(11-14-26)23-25-24-21-7-5-6-12-28(21)23/h5-7,12,18-20H,8-11,13-17H2,1-4H3. The predicted octanol–water partition coefficient (Wildman–Crippen LogP) is 3.83. The Morgan fingerprint density at radius 2 is 1.72 bits per heavy atom.